The maximum atomic E-state index is 12.4. The first-order chi connectivity index (χ1) is 23.3. The Bertz CT molecular complexity index is 2010. The van der Waals surface area contributed by atoms with Gasteiger partial charge in [0.25, 0.3) is 0 Å². The van der Waals surface area contributed by atoms with Gasteiger partial charge in [-0.2, -0.15) is 0 Å². The zero-order valence-corrected chi connectivity index (χ0v) is 28.1. The van der Waals surface area contributed by atoms with E-state index in [0.717, 1.165) is 6.42 Å². The number of likely N-dealkylation sites (tertiary alicyclic amines) is 1. The molecular weight excluding hydrogens is 632 g/mol. The molecule has 0 aliphatic carbocycles. The third kappa shape index (κ3) is 7.64. The van der Waals surface area contributed by atoms with E-state index in [-0.39, 0.29) is 36.1 Å². The number of carbonyl (C=O) groups is 3. The summed E-state index contributed by atoms with van der Waals surface area (Å²) < 4.78 is 25.4. The molecule has 1 aliphatic rings. The average Bonchev–Trinajstić information content (AvgIpc) is 3.74. The summed E-state index contributed by atoms with van der Waals surface area (Å²) in [5, 5.41) is 0. The van der Waals surface area contributed by atoms with Gasteiger partial charge >= 0.3 is 12.1 Å². The molecule has 2 amide bonds. The van der Waals surface area contributed by atoms with Gasteiger partial charge < -0.3 is 50.2 Å². The quantitative estimate of drug-likeness (QED) is 0.134. The lowest BCUT2D eigenvalue weighted by Crippen LogP contribution is -2.35. The number of allylic oxidation sites excluding steroid dienone is 2. The molecule has 0 spiro atoms. The van der Waals surface area contributed by atoms with Gasteiger partial charge in [-0.15, -0.1) is 0 Å². The second-order valence-electron chi connectivity index (χ2n) is 12.4. The van der Waals surface area contributed by atoms with Crippen molar-refractivity contribution >= 4 is 51.9 Å². The van der Waals surface area contributed by atoms with E-state index in [0.29, 0.717) is 65.3 Å². The molecule has 15 heteroatoms. The number of hydrogen-bond donors (Lipinski definition) is 3. The fourth-order valence-corrected chi connectivity index (χ4v) is 5.54. The van der Waals surface area contributed by atoms with E-state index in [4.69, 9.17) is 36.1 Å². The number of anilines is 2. The monoisotopic (exact) mass is 672 g/mol. The zero-order chi connectivity index (χ0) is 35.5. The minimum Gasteiger partial charge on any atom is -0.494 e. The van der Waals surface area contributed by atoms with E-state index >= 15 is 0 Å². The van der Waals surface area contributed by atoms with Gasteiger partial charge in [0.1, 0.15) is 34.7 Å². The summed E-state index contributed by atoms with van der Waals surface area (Å²) >= 11 is 0. The molecule has 1 aliphatic heterocycles. The average molecular weight is 673 g/mol. The zero-order valence-electron chi connectivity index (χ0n) is 28.1. The lowest BCUT2D eigenvalue weighted by atomic mass is 10.1. The summed E-state index contributed by atoms with van der Waals surface area (Å²) in [5.41, 5.74) is 20.2. The van der Waals surface area contributed by atoms with Gasteiger partial charge in [0.15, 0.2) is 0 Å². The van der Waals surface area contributed by atoms with Crippen LogP contribution < -0.4 is 26.7 Å². The second kappa shape index (κ2) is 14.1. The molecule has 5 rings (SSSR count). The van der Waals surface area contributed by atoms with Crippen molar-refractivity contribution in [2.75, 3.05) is 45.4 Å². The van der Waals surface area contributed by atoms with Gasteiger partial charge in [0.05, 0.1) is 30.8 Å². The number of ether oxygens (including phenoxy) is 4. The maximum Gasteiger partial charge on any atom is 0.410 e. The van der Waals surface area contributed by atoms with Gasteiger partial charge in [-0.1, -0.05) is 24.0 Å². The highest BCUT2D eigenvalue weighted by Crippen LogP contribution is 2.32. The molecule has 4 aromatic rings. The molecule has 2 aromatic heterocycles. The predicted octanol–water partition coefficient (Wildman–Crippen LogP) is 3.34. The number of imidazole rings is 2. The number of fused-ring (bicyclic) bond motifs is 2. The van der Waals surface area contributed by atoms with Crippen LogP contribution in [0.4, 0.5) is 16.7 Å². The Balaban J connectivity index is 1.32. The number of nitrogens with two attached hydrogens (primary N) is 3. The number of aromatic nitrogens is 4. The minimum atomic E-state index is -0.640. The summed E-state index contributed by atoms with van der Waals surface area (Å²) in [6.07, 6.45) is 4.13. The fraction of sp³-hybridized carbons (Fsp3) is 0.382. The number of esters is 1. The van der Waals surface area contributed by atoms with Crippen molar-refractivity contribution in [3.05, 3.63) is 47.5 Å². The Hall–Kier alpha value is -5.91. The number of primary amides is 1. The van der Waals surface area contributed by atoms with Crippen LogP contribution in [0.2, 0.25) is 0 Å². The Morgan fingerprint density at radius 2 is 1.53 bits per heavy atom. The number of benzene rings is 2. The summed E-state index contributed by atoms with van der Waals surface area (Å²) in [7, 11) is 2.80. The molecule has 0 bridgehead atoms. The summed E-state index contributed by atoms with van der Waals surface area (Å²) in [5.74, 6) is 6.24. The van der Waals surface area contributed by atoms with E-state index in [1.54, 1.807) is 38.3 Å². The lowest BCUT2D eigenvalue weighted by molar-refractivity contribution is 0.0291. The second-order valence-corrected chi connectivity index (χ2v) is 12.4. The van der Waals surface area contributed by atoms with Crippen LogP contribution in [0.25, 0.3) is 22.1 Å². The van der Waals surface area contributed by atoms with Crippen LogP contribution in [-0.2, 0) is 22.6 Å². The van der Waals surface area contributed by atoms with Gasteiger partial charge in [0, 0.05) is 37.7 Å². The summed E-state index contributed by atoms with van der Waals surface area (Å²) in [6.45, 7) is 7.19. The van der Waals surface area contributed by atoms with Crippen molar-refractivity contribution < 1.29 is 33.3 Å². The first-order valence-electron chi connectivity index (χ1n) is 15.5. The summed E-state index contributed by atoms with van der Waals surface area (Å²) in [4.78, 5) is 47.1. The van der Waals surface area contributed by atoms with Gasteiger partial charge in [0.2, 0.25) is 17.8 Å². The fourth-order valence-electron chi connectivity index (χ4n) is 5.54. The maximum absolute atomic E-state index is 12.4. The van der Waals surface area contributed by atoms with Crippen LogP contribution >= 0.6 is 0 Å². The Kier molecular flexibility index (Phi) is 9.88. The van der Waals surface area contributed by atoms with Gasteiger partial charge in [-0.05, 0) is 51.5 Å². The minimum absolute atomic E-state index is 0.0177. The number of methoxy groups -OCH3 is 2. The number of rotatable bonds is 9. The predicted molar refractivity (Wildman–Crippen MR) is 183 cm³/mol. The number of nitrogens with zero attached hydrogens (tertiary/aromatic N) is 5. The van der Waals surface area contributed by atoms with Crippen molar-refractivity contribution in [3.63, 3.8) is 0 Å². The van der Waals surface area contributed by atoms with Gasteiger partial charge in [-0.3, -0.25) is 4.79 Å². The van der Waals surface area contributed by atoms with Gasteiger partial charge in [-0.25, -0.2) is 19.6 Å². The van der Waals surface area contributed by atoms with Crippen molar-refractivity contribution in [1.29, 1.82) is 0 Å². The number of hydrogen-bond acceptors (Lipinski definition) is 11. The molecule has 49 heavy (non-hydrogen) atoms. The van der Waals surface area contributed by atoms with Crippen LogP contribution in [0.15, 0.2) is 36.4 Å². The SMILES string of the molecule is COC(=O)c1cc(OC)c2c(c1)nc(N)n2C/C=C/Cn1c(N)nc2cc(C(N)=O)cc(OCC#CC3CCN(C(=O)OC(C)(C)C)C3)c21. The van der Waals surface area contributed by atoms with Crippen LogP contribution in [0, 0.1) is 17.8 Å². The van der Waals surface area contributed by atoms with Crippen LogP contribution in [-0.4, -0.2) is 81.5 Å². The molecule has 15 nitrogen and oxygen atoms in total. The van der Waals surface area contributed by atoms with E-state index < -0.39 is 17.5 Å². The number of nitrogen functional groups attached to an aromatic ring is 2. The van der Waals surface area contributed by atoms with Crippen LogP contribution in [0.3, 0.4) is 0 Å². The number of amides is 2. The smallest absolute Gasteiger partial charge is 0.410 e. The molecule has 1 fully saturated rings. The molecule has 258 valence electrons. The first-order valence-corrected chi connectivity index (χ1v) is 15.5. The Labute approximate surface area is 282 Å². The molecule has 0 saturated carbocycles. The standard InChI is InChI=1S/C34H40N8O7/c1-34(2,3)49-33(45)40-13-10-20(19-40)9-8-14-48-26-17-21(29(35)43)15-23-28(26)42(32(37)38-23)12-7-6-11-41-27-24(39-31(41)36)16-22(30(44)47-5)18-25(27)46-4/h6-7,15-18,20H,10-14,19H2,1-5H3,(H2,35,43)(H2,36,39)(H2,37,38)/b7-6+. The van der Waals surface area contributed by atoms with E-state index in [2.05, 4.69) is 21.8 Å². The first kappa shape index (κ1) is 34.4. The van der Waals surface area contributed by atoms with E-state index in [1.165, 1.54) is 14.2 Å². The highest BCUT2D eigenvalue weighted by Gasteiger charge is 2.29. The highest BCUT2D eigenvalue weighted by molar-refractivity contribution is 5.99. The van der Waals surface area contributed by atoms with Crippen molar-refractivity contribution in [2.24, 2.45) is 11.7 Å². The summed E-state index contributed by atoms with van der Waals surface area (Å²) in [6, 6.07) is 6.27. The van der Waals surface area contributed by atoms with E-state index in [1.807, 2.05) is 32.9 Å². The molecule has 1 saturated heterocycles. The molecule has 3 heterocycles. The topological polar surface area (TPSA) is 205 Å². The normalized spacial score (nSPS) is 14.6. The largest absolute Gasteiger partial charge is 0.494 e. The molecule has 1 unspecified atom stereocenters. The third-order valence-corrected chi connectivity index (χ3v) is 7.79. The Morgan fingerprint density at radius 3 is 2.10 bits per heavy atom. The molecule has 0 radical (unpaired) electrons. The lowest BCUT2D eigenvalue weighted by Gasteiger charge is -2.24. The van der Waals surface area contributed by atoms with Crippen LogP contribution in [0.5, 0.6) is 11.5 Å². The third-order valence-electron chi connectivity index (χ3n) is 7.79. The molecular formula is C34H40N8O7. The van der Waals surface area contributed by atoms with Crippen LogP contribution in [0.1, 0.15) is 47.9 Å². The van der Waals surface area contributed by atoms with E-state index in [9.17, 15) is 14.4 Å². The molecule has 2 aromatic carbocycles. The molecule has 6 N–H and O–H groups in total. The Morgan fingerprint density at radius 1 is 0.939 bits per heavy atom. The van der Waals surface area contributed by atoms with Crippen molar-refractivity contribution in [3.8, 4) is 23.3 Å². The molecule has 1 atom stereocenters. The van der Waals surface area contributed by atoms with Crippen molar-refractivity contribution in [2.45, 2.75) is 45.9 Å². The highest BCUT2D eigenvalue weighted by atomic mass is 16.6. The number of carbonyl (C=O) groups excluding carboxylic acids is 3. The van der Waals surface area contributed by atoms with Crippen molar-refractivity contribution in [1.82, 2.24) is 24.0 Å².